The van der Waals surface area contributed by atoms with E-state index >= 15 is 0 Å². The Kier molecular flexibility index (Phi) is 3.24. The molecule has 2 atom stereocenters. The number of hydrogen-bond donors (Lipinski definition) is 1. The summed E-state index contributed by atoms with van der Waals surface area (Å²) in [6, 6.07) is 2.00. The number of furan rings is 1. The van der Waals surface area contributed by atoms with E-state index < -0.39 is 11.5 Å². The number of carboxylic acids is 1. The van der Waals surface area contributed by atoms with Crippen LogP contribution in [0.2, 0.25) is 0 Å². The number of likely N-dealkylation sites (tertiary alicyclic amines) is 1. The molecule has 1 saturated heterocycles. The summed E-state index contributed by atoms with van der Waals surface area (Å²) in [6.45, 7) is 4.84. The van der Waals surface area contributed by atoms with Crippen molar-refractivity contribution in [3.63, 3.8) is 0 Å². The van der Waals surface area contributed by atoms with Crippen LogP contribution in [0.1, 0.15) is 44.7 Å². The van der Waals surface area contributed by atoms with Crippen LogP contribution in [-0.4, -0.2) is 28.1 Å². The van der Waals surface area contributed by atoms with Crippen LogP contribution in [0.15, 0.2) is 23.0 Å². The normalized spacial score (nSPS) is 27.2. The molecule has 2 heterocycles. The van der Waals surface area contributed by atoms with E-state index in [0.717, 1.165) is 24.9 Å². The average molecular weight is 237 g/mol. The first-order chi connectivity index (χ1) is 8.12. The van der Waals surface area contributed by atoms with Gasteiger partial charge in [0.05, 0.1) is 12.5 Å². The second-order valence-electron chi connectivity index (χ2n) is 4.72. The summed E-state index contributed by atoms with van der Waals surface area (Å²) < 4.78 is 5.08. The fourth-order valence-corrected chi connectivity index (χ4v) is 2.92. The van der Waals surface area contributed by atoms with Crippen molar-refractivity contribution in [2.75, 3.05) is 6.54 Å². The molecule has 0 radical (unpaired) electrons. The molecule has 1 aliphatic heterocycles. The van der Waals surface area contributed by atoms with E-state index in [9.17, 15) is 9.90 Å². The highest BCUT2D eigenvalue weighted by Crippen LogP contribution is 2.39. The third-order valence-corrected chi connectivity index (χ3v) is 4.02. The molecule has 0 saturated carbocycles. The number of rotatable bonds is 4. The molecule has 0 aliphatic carbocycles. The van der Waals surface area contributed by atoms with Crippen molar-refractivity contribution in [3.8, 4) is 0 Å². The van der Waals surface area contributed by atoms with Gasteiger partial charge in [0.25, 0.3) is 0 Å². The van der Waals surface area contributed by atoms with Crippen LogP contribution in [0, 0.1) is 0 Å². The first kappa shape index (κ1) is 12.2. The number of carbonyl (C=O) groups is 1. The maximum atomic E-state index is 11.6. The number of nitrogens with zero attached hydrogens (tertiary/aromatic N) is 1. The fraction of sp³-hybridized carbons (Fsp3) is 0.615. The summed E-state index contributed by atoms with van der Waals surface area (Å²) >= 11 is 0. The van der Waals surface area contributed by atoms with Crippen molar-refractivity contribution in [3.05, 3.63) is 24.2 Å². The standard InChI is InChI=1S/C13H19NO3/c1-3-13(12(15)16)6-4-7-14(13)10(2)11-5-8-17-9-11/h5,8-10H,3-4,6-7H2,1-2H3,(H,15,16). The lowest BCUT2D eigenvalue weighted by Crippen LogP contribution is -2.50. The highest BCUT2D eigenvalue weighted by atomic mass is 16.4. The predicted molar refractivity (Wildman–Crippen MR) is 63.7 cm³/mol. The monoisotopic (exact) mass is 237 g/mol. The third kappa shape index (κ3) is 1.86. The molecule has 0 spiro atoms. The Bertz CT molecular complexity index is 387. The summed E-state index contributed by atoms with van der Waals surface area (Å²) in [5, 5.41) is 9.52. The molecule has 4 heteroatoms. The topological polar surface area (TPSA) is 53.7 Å². The molecule has 0 amide bonds. The smallest absolute Gasteiger partial charge is 0.324 e. The highest BCUT2D eigenvalue weighted by Gasteiger charge is 2.48. The van der Waals surface area contributed by atoms with Gasteiger partial charge in [0.15, 0.2) is 0 Å². The van der Waals surface area contributed by atoms with Crippen LogP contribution in [0.5, 0.6) is 0 Å². The van der Waals surface area contributed by atoms with Crippen LogP contribution >= 0.6 is 0 Å². The minimum atomic E-state index is -0.701. The Morgan fingerprint density at radius 2 is 2.47 bits per heavy atom. The maximum absolute atomic E-state index is 11.6. The van der Waals surface area contributed by atoms with E-state index in [1.165, 1.54) is 0 Å². The molecule has 2 unspecified atom stereocenters. The predicted octanol–water partition coefficient (Wildman–Crippen LogP) is 2.67. The lowest BCUT2D eigenvalue weighted by Gasteiger charge is -2.37. The molecular formula is C13H19NO3. The molecule has 17 heavy (non-hydrogen) atoms. The van der Waals surface area contributed by atoms with Gasteiger partial charge in [-0.15, -0.1) is 0 Å². The van der Waals surface area contributed by atoms with Crippen molar-refractivity contribution in [1.82, 2.24) is 4.90 Å². The van der Waals surface area contributed by atoms with E-state index in [-0.39, 0.29) is 6.04 Å². The van der Waals surface area contributed by atoms with Crippen LogP contribution in [0.3, 0.4) is 0 Å². The van der Waals surface area contributed by atoms with Crippen molar-refractivity contribution in [2.24, 2.45) is 0 Å². The van der Waals surface area contributed by atoms with Crippen molar-refractivity contribution in [1.29, 1.82) is 0 Å². The van der Waals surface area contributed by atoms with Gasteiger partial charge in [-0.25, -0.2) is 0 Å². The molecule has 1 aliphatic rings. The largest absolute Gasteiger partial charge is 0.480 e. The third-order valence-electron chi connectivity index (χ3n) is 4.02. The van der Waals surface area contributed by atoms with Gasteiger partial charge in [-0.2, -0.15) is 0 Å². The molecule has 94 valence electrons. The lowest BCUT2D eigenvalue weighted by molar-refractivity contribution is -0.151. The highest BCUT2D eigenvalue weighted by molar-refractivity contribution is 5.79. The van der Waals surface area contributed by atoms with E-state index in [2.05, 4.69) is 4.90 Å². The number of aliphatic carboxylic acids is 1. The summed E-state index contributed by atoms with van der Waals surface area (Å²) in [7, 11) is 0. The van der Waals surface area contributed by atoms with Crippen LogP contribution < -0.4 is 0 Å². The molecule has 4 nitrogen and oxygen atoms in total. The average Bonchev–Trinajstić information content (AvgIpc) is 2.97. The summed E-state index contributed by atoms with van der Waals surface area (Å²) in [5.41, 5.74) is 0.349. The van der Waals surface area contributed by atoms with Crippen molar-refractivity contribution in [2.45, 2.75) is 44.7 Å². The van der Waals surface area contributed by atoms with Crippen molar-refractivity contribution >= 4 is 5.97 Å². The van der Waals surface area contributed by atoms with Gasteiger partial charge in [0.1, 0.15) is 5.54 Å². The fourth-order valence-electron chi connectivity index (χ4n) is 2.92. The Morgan fingerprint density at radius 1 is 1.71 bits per heavy atom. The van der Waals surface area contributed by atoms with Gasteiger partial charge in [0.2, 0.25) is 0 Å². The minimum absolute atomic E-state index is 0.0901. The van der Waals surface area contributed by atoms with Crippen LogP contribution in [-0.2, 0) is 4.79 Å². The maximum Gasteiger partial charge on any atom is 0.324 e. The molecule has 1 aromatic heterocycles. The van der Waals surface area contributed by atoms with Crippen LogP contribution in [0.25, 0.3) is 0 Å². The van der Waals surface area contributed by atoms with E-state index in [4.69, 9.17) is 4.42 Å². The zero-order valence-corrected chi connectivity index (χ0v) is 10.3. The van der Waals surface area contributed by atoms with Gasteiger partial charge < -0.3 is 9.52 Å². The van der Waals surface area contributed by atoms with E-state index in [1.54, 1.807) is 12.5 Å². The second-order valence-corrected chi connectivity index (χ2v) is 4.72. The number of carboxylic acid groups (broad SMARTS) is 1. The Labute approximate surface area is 101 Å². The van der Waals surface area contributed by atoms with Gasteiger partial charge >= 0.3 is 5.97 Å². The lowest BCUT2D eigenvalue weighted by atomic mass is 9.91. The minimum Gasteiger partial charge on any atom is -0.480 e. The van der Waals surface area contributed by atoms with Crippen molar-refractivity contribution < 1.29 is 14.3 Å². The van der Waals surface area contributed by atoms with Gasteiger partial charge in [-0.1, -0.05) is 6.92 Å². The van der Waals surface area contributed by atoms with Crippen LogP contribution in [0.4, 0.5) is 0 Å². The zero-order chi connectivity index (χ0) is 12.5. The first-order valence-electron chi connectivity index (χ1n) is 6.14. The Balaban J connectivity index is 2.28. The first-order valence-corrected chi connectivity index (χ1v) is 6.14. The number of hydrogen-bond acceptors (Lipinski definition) is 3. The summed E-state index contributed by atoms with van der Waals surface area (Å²) in [4.78, 5) is 13.7. The van der Waals surface area contributed by atoms with E-state index in [1.807, 2.05) is 19.9 Å². The van der Waals surface area contributed by atoms with Gasteiger partial charge in [-0.05, 0) is 38.8 Å². The van der Waals surface area contributed by atoms with Gasteiger partial charge in [-0.3, -0.25) is 9.69 Å². The molecule has 1 aromatic rings. The molecule has 1 N–H and O–H groups in total. The van der Waals surface area contributed by atoms with Gasteiger partial charge in [0, 0.05) is 11.6 Å². The SMILES string of the molecule is CCC1(C(=O)O)CCCN1C(C)c1ccoc1. The zero-order valence-electron chi connectivity index (χ0n) is 10.3. The molecule has 2 rings (SSSR count). The molecule has 0 aromatic carbocycles. The summed E-state index contributed by atoms with van der Waals surface area (Å²) in [6.07, 6.45) is 5.66. The molecule has 0 bridgehead atoms. The van der Waals surface area contributed by atoms with E-state index in [0.29, 0.717) is 6.42 Å². The quantitative estimate of drug-likeness (QED) is 0.874. The Hall–Kier alpha value is -1.29. The summed E-state index contributed by atoms with van der Waals surface area (Å²) in [5.74, 6) is -0.701. The Morgan fingerprint density at radius 3 is 3.00 bits per heavy atom. The second kappa shape index (κ2) is 4.53. The molecule has 1 fully saturated rings. The molecular weight excluding hydrogens is 218 g/mol.